The van der Waals surface area contributed by atoms with Gasteiger partial charge in [0, 0.05) is 44.3 Å². The van der Waals surface area contributed by atoms with Crippen molar-refractivity contribution in [3.05, 3.63) is 167 Å². The molecule has 0 fully saturated rings. The zero-order valence-electron chi connectivity index (χ0n) is 36.4. The number of hydrogen-bond donors (Lipinski definition) is 3. The van der Waals surface area contributed by atoms with Crippen LogP contribution in [0.1, 0.15) is 86.1 Å². The molecule has 63 heavy (non-hydrogen) atoms. The average molecular weight is 851 g/mol. The van der Waals surface area contributed by atoms with Crippen molar-refractivity contribution in [1.82, 2.24) is 20.9 Å². The summed E-state index contributed by atoms with van der Waals surface area (Å²) >= 11 is 0. The highest BCUT2D eigenvalue weighted by Gasteiger charge is 2.32. The number of benzene rings is 5. The first-order valence-corrected chi connectivity index (χ1v) is 21.7. The summed E-state index contributed by atoms with van der Waals surface area (Å²) in [6.45, 7) is 6.27. The summed E-state index contributed by atoms with van der Waals surface area (Å²) in [4.78, 5) is 68.9. The van der Waals surface area contributed by atoms with Gasteiger partial charge in [0.25, 0.3) is 0 Å². The lowest BCUT2D eigenvalue weighted by molar-refractivity contribution is -0.134. The summed E-state index contributed by atoms with van der Waals surface area (Å²) in [7, 11) is 0. The van der Waals surface area contributed by atoms with Crippen molar-refractivity contribution in [2.24, 2.45) is 5.41 Å². The lowest BCUT2D eigenvalue weighted by Gasteiger charge is -2.32. The van der Waals surface area contributed by atoms with Crippen LogP contribution in [0, 0.1) is 5.41 Å². The lowest BCUT2D eigenvalue weighted by atomic mass is 9.90. The van der Waals surface area contributed by atoms with Crippen LogP contribution < -0.4 is 16.0 Å². The zero-order valence-corrected chi connectivity index (χ0v) is 36.4. The molecule has 0 bridgehead atoms. The number of ketones is 1. The summed E-state index contributed by atoms with van der Waals surface area (Å²) in [5.74, 6) is -1.31. The van der Waals surface area contributed by atoms with Crippen LogP contribution in [0.4, 0.5) is 9.59 Å². The van der Waals surface area contributed by atoms with Gasteiger partial charge in [0.05, 0.1) is 6.54 Å². The summed E-state index contributed by atoms with van der Waals surface area (Å²) in [6.07, 6.45) is -0.654. The summed E-state index contributed by atoms with van der Waals surface area (Å²) < 4.78 is 11.3. The predicted molar refractivity (Wildman–Crippen MR) is 244 cm³/mol. The van der Waals surface area contributed by atoms with Crippen molar-refractivity contribution >= 4 is 29.8 Å². The molecule has 328 valence electrons. The second kappa shape index (κ2) is 22.4. The maximum absolute atomic E-state index is 15.0. The monoisotopic (exact) mass is 850 g/mol. The quantitative estimate of drug-likeness (QED) is 0.0665. The molecule has 1 atom stereocenters. The van der Waals surface area contributed by atoms with Crippen LogP contribution >= 0.6 is 0 Å². The first-order chi connectivity index (χ1) is 30.4. The summed E-state index contributed by atoms with van der Waals surface area (Å²) in [6, 6.07) is 44.0. The number of ether oxygens (including phenoxy) is 2. The number of rotatable bonds is 20. The highest BCUT2D eigenvalue weighted by Crippen LogP contribution is 2.44. The van der Waals surface area contributed by atoms with Crippen LogP contribution in [0.25, 0.3) is 11.1 Å². The normalized spacial score (nSPS) is 12.4. The highest BCUT2D eigenvalue weighted by molar-refractivity contribution is 5.88. The van der Waals surface area contributed by atoms with E-state index in [4.69, 9.17) is 9.47 Å². The molecule has 0 aromatic heterocycles. The molecule has 0 saturated heterocycles. The molecule has 0 radical (unpaired) electrons. The molecule has 3 N–H and O–H groups in total. The van der Waals surface area contributed by atoms with Crippen LogP contribution in [-0.2, 0) is 30.5 Å². The van der Waals surface area contributed by atoms with Gasteiger partial charge in [-0.3, -0.25) is 14.4 Å². The number of Topliss-reactive ketones (excluding diaryl/α,β-unsaturated/α-hetero) is 1. The number of hydrogen-bond acceptors (Lipinski definition) is 7. The fourth-order valence-electron chi connectivity index (χ4n) is 7.91. The van der Waals surface area contributed by atoms with Crippen molar-refractivity contribution in [2.75, 3.05) is 32.8 Å². The maximum atomic E-state index is 15.0. The van der Waals surface area contributed by atoms with Crippen LogP contribution in [-0.4, -0.2) is 73.5 Å². The SMILES string of the molecule is CC(C)(C)CC(=O)NCC(=O)CCN(CC(c1ccccc1)c1ccccc1)C(=O)[C@H](CCCNC(=O)OCc1ccccc1)NC(=O)OCC1c2ccccc2-c2ccccc21. The Morgan fingerprint density at radius 1 is 0.667 bits per heavy atom. The fraction of sp³-hybridized carbons (Fsp3) is 0.327. The Hall–Kier alpha value is -6.75. The molecule has 11 heteroatoms. The number of nitrogens with zero attached hydrogens (tertiary/aromatic N) is 1. The molecule has 0 aliphatic heterocycles. The van der Waals surface area contributed by atoms with E-state index in [0.717, 1.165) is 38.9 Å². The standard InChI is InChI=1S/C52H58N4O7/c1-52(2,3)32-48(58)54-33-40(57)29-31-56(34-45(38-20-9-5-10-21-38)39-22-11-6-12-23-39)49(59)47(28-17-30-53-50(60)62-35-37-18-7-4-8-19-37)55-51(61)63-36-46-43-26-15-13-24-41(43)42-25-14-16-27-44(42)46/h4-16,18-27,45-47H,17,28-36H2,1-3H3,(H,53,60)(H,54,58)(H,55,61)/t47-/m0/s1. The first-order valence-electron chi connectivity index (χ1n) is 21.7. The van der Waals surface area contributed by atoms with Crippen molar-refractivity contribution in [1.29, 1.82) is 0 Å². The molecule has 5 aromatic carbocycles. The number of alkyl carbamates (subject to hydrolysis) is 2. The Kier molecular flexibility index (Phi) is 16.3. The molecule has 0 spiro atoms. The molecule has 0 unspecified atom stereocenters. The van der Waals surface area contributed by atoms with Gasteiger partial charge < -0.3 is 30.3 Å². The van der Waals surface area contributed by atoms with Gasteiger partial charge in [-0.05, 0) is 57.2 Å². The van der Waals surface area contributed by atoms with Gasteiger partial charge in [-0.25, -0.2) is 9.59 Å². The molecular formula is C52H58N4O7. The minimum atomic E-state index is -1.07. The number of carbonyl (C=O) groups is 5. The highest BCUT2D eigenvalue weighted by atomic mass is 16.6. The third-order valence-electron chi connectivity index (χ3n) is 11.0. The van der Waals surface area contributed by atoms with E-state index < -0.39 is 24.1 Å². The summed E-state index contributed by atoms with van der Waals surface area (Å²) in [5.41, 5.74) is 6.85. The van der Waals surface area contributed by atoms with E-state index >= 15 is 0 Å². The third kappa shape index (κ3) is 13.6. The molecule has 4 amide bonds. The minimum absolute atomic E-state index is 0.0235. The second-order valence-corrected chi connectivity index (χ2v) is 17.1. The molecule has 1 aliphatic rings. The van der Waals surface area contributed by atoms with Crippen LogP contribution in [0.2, 0.25) is 0 Å². The summed E-state index contributed by atoms with van der Waals surface area (Å²) in [5, 5.41) is 8.36. The van der Waals surface area contributed by atoms with E-state index in [1.54, 1.807) is 4.90 Å². The maximum Gasteiger partial charge on any atom is 0.407 e. The molecule has 6 rings (SSSR count). The number of carbonyl (C=O) groups excluding carboxylic acids is 5. The van der Waals surface area contributed by atoms with Gasteiger partial charge in [0.2, 0.25) is 11.8 Å². The van der Waals surface area contributed by atoms with Gasteiger partial charge in [0.1, 0.15) is 19.3 Å². The van der Waals surface area contributed by atoms with Gasteiger partial charge in [-0.2, -0.15) is 0 Å². The van der Waals surface area contributed by atoms with Crippen LogP contribution in [0.5, 0.6) is 0 Å². The Bertz CT molecular complexity index is 2210. The average Bonchev–Trinajstić information content (AvgIpc) is 3.61. The van der Waals surface area contributed by atoms with E-state index in [-0.39, 0.29) is 87.6 Å². The smallest absolute Gasteiger partial charge is 0.407 e. The molecule has 0 saturated carbocycles. The molecular weight excluding hydrogens is 793 g/mol. The molecule has 5 aromatic rings. The van der Waals surface area contributed by atoms with E-state index in [0.29, 0.717) is 6.42 Å². The van der Waals surface area contributed by atoms with Crippen molar-refractivity contribution in [2.45, 2.75) is 70.9 Å². The Balaban J connectivity index is 1.20. The lowest BCUT2D eigenvalue weighted by Crippen LogP contribution is -2.50. The topological polar surface area (TPSA) is 143 Å². The van der Waals surface area contributed by atoms with Crippen LogP contribution in [0.15, 0.2) is 140 Å². The number of amides is 4. The third-order valence-corrected chi connectivity index (χ3v) is 11.0. The van der Waals surface area contributed by atoms with Gasteiger partial charge in [-0.1, -0.05) is 160 Å². The van der Waals surface area contributed by atoms with Gasteiger partial charge in [-0.15, -0.1) is 0 Å². The first kappa shape index (κ1) is 45.8. The van der Waals surface area contributed by atoms with Gasteiger partial charge in [0.15, 0.2) is 5.78 Å². The van der Waals surface area contributed by atoms with E-state index in [1.165, 1.54) is 0 Å². The predicted octanol–water partition coefficient (Wildman–Crippen LogP) is 8.77. The zero-order chi connectivity index (χ0) is 44.6. The van der Waals surface area contributed by atoms with E-state index in [9.17, 15) is 24.0 Å². The Morgan fingerprint density at radius 3 is 1.81 bits per heavy atom. The Morgan fingerprint density at radius 2 is 1.22 bits per heavy atom. The minimum Gasteiger partial charge on any atom is -0.449 e. The van der Waals surface area contributed by atoms with E-state index in [1.807, 2.05) is 148 Å². The molecule has 1 aliphatic carbocycles. The number of nitrogens with one attached hydrogen (secondary N) is 3. The van der Waals surface area contributed by atoms with Crippen molar-refractivity contribution in [3.63, 3.8) is 0 Å². The van der Waals surface area contributed by atoms with Gasteiger partial charge >= 0.3 is 12.2 Å². The largest absolute Gasteiger partial charge is 0.449 e. The van der Waals surface area contributed by atoms with Crippen LogP contribution in [0.3, 0.4) is 0 Å². The van der Waals surface area contributed by atoms with Crippen molar-refractivity contribution in [3.8, 4) is 11.1 Å². The second-order valence-electron chi connectivity index (χ2n) is 17.1. The van der Waals surface area contributed by atoms with Crippen molar-refractivity contribution < 1.29 is 33.4 Å². The van der Waals surface area contributed by atoms with E-state index in [2.05, 4.69) is 28.1 Å². The Labute approximate surface area is 370 Å². The number of fused-ring (bicyclic) bond motifs is 3. The fourth-order valence-corrected chi connectivity index (χ4v) is 7.91. The molecule has 0 heterocycles. The molecule has 11 nitrogen and oxygen atoms in total.